The molecule has 1 aromatic carbocycles. The molecular weight excluding hydrogens is 300 g/mol. The summed E-state index contributed by atoms with van der Waals surface area (Å²) in [6.07, 6.45) is 10.5. The number of hydrogen-bond donors (Lipinski definition) is 1. The summed E-state index contributed by atoms with van der Waals surface area (Å²) in [6.45, 7) is 1.70. The lowest BCUT2D eigenvalue weighted by atomic mass is 10.1. The molecule has 1 saturated carbocycles. The third-order valence-corrected chi connectivity index (χ3v) is 5.23. The first-order chi connectivity index (χ1) is 11.7. The Labute approximate surface area is 144 Å². The van der Waals surface area contributed by atoms with Crippen molar-refractivity contribution in [2.75, 3.05) is 13.1 Å². The van der Waals surface area contributed by atoms with Crippen LogP contribution in [0.5, 0.6) is 0 Å². The average molecular weight is 328 g/mol. The minimum absolute atomic E-state index is 0.0149. The van der Waals surface area contributed by atoms with E-state index in [0.29, 0.717) is 17.2 Å². The van der Waals surface area contributed by atoms with Gasteiger partial charge in [0.2, 0.25) is 0 Å². The highest BCUT2D eigenvalue weighted by Crippen LogP contribution is 2.18. The Morgan fingerprint density at radius 2 is 1.33 bits per heavy atom. The van der Waals surface area contributed by atoms with Crippen LogP contribution in [0, 0.1) is 0 Å². The van der Waals surface area contributed by atoms with E-state index in [0.717, 1.165) is 38.8 Å². The Balaban J connectivity index is 1.58. The molecule has 1 heterocycles. The fourth-order valence-electron chi connectivity index (χ4n) is 3.74. The van der Waals surface area contributed by atoms with Gasteiger partial charge in [0.05, 0.1) is 0 Å². The van der Waals surface area contributed by atoms with Gasteiger partial charge in [0, 0.05) is 30.3 Å². The zero-order valence-corrected chi connectivity index (χ0v) is 14.4. The number of piperidine rings is 1. The highest BCUT2D eigenvalue weighted by atomic mass is 16.2. The predicted octanol–water partition coefficient (Wildman–Crippen LogP) is 3.77. The van der Waals surface area contributed by atoms with Crippen LogP contribution in [0.1, 0.15) is 78.5 Å². The molecule has 2 amide bonds. The van der Waals surface area contributed by atoms with E-state index >= 15 is 0 Å². The maximum atomic E-state index is 12.5. The number of amides is 2. The Morgan fingerprint density at radius 3 is 1.96 bits per heavy atom. The van der Waals surface area contributed by atoms with Crippen LogP contribution < -0.4 is 5.32 Å². The van der Waals surface area contributed by atoms with Crippen molar-refractivity contribution >= 4 is 11.8 Å². The third kappa shape index (κ3) is 4.37. The Morgan fingerprint density at radius 1 is 0.792 bits per heavy atom. The van der Waals surface area contributed by atoms with E-state index in [1.807, 2.05) is 4.90 Å². The fraction of sp³-hybridized carbons (Fsp3) is 0.600. The van der Waals surface area contributed by atoms with Crippen LogP contribution in [-0.4, -0.2) is 35.8 Å². The summed E-state index contributed by atoms with van der Waals surface area (Å²) in [4.78, 5) is 26.8. The Hall–Kier alpha value is -1.84. The van der Waals surface area contributed by atoms with Gasteiger partial charge in [-0.15, -0.1) is 0 Å². The number of rotatable bonds is 3. The van der Waals surface area contributed by atoms with Crippen LogP contribution in [-0.2, 0) is 0 Å². The summed E-state index contributed by atoms with van der Waals surface area (Å²) in [7, 11) is 0. The highest BCUT2D eigenvalue weighted by molar-refractivity contribution is 5.98. The molecule has 0 radical (unpaired) electrons. The lowest BCUT2D eigenvalue weighted by Gasteiger charge is -2.26. The zero-order valence-electron chi connectivity index (χ0n) is 14.4. The maximum Gasteiger partial charge on any atom is 0.253 e. The van der Waals surface area contributed by atoms with Crippen molar-refractivity contribution in [2.24, 2.45) is 0 Å². The second-order valence-electron chi connectivity index (χ2n) is 7.09. The molecule has 4 nitrogen and oxygen atoms in total. The number of nitrogens with one attached hydrogen (secondary N) is 1. The number of likely N-dealkylation sites (tertiary alicyclic amines) is 1. The molecule has 1 aliphatic carbocycles. The summed E-state index contributed by atoms with van der Waals surface area (Å²) < 4.78 is 0. The van der Waals surface area contributed by atoms with Gasteiger partial charge in [-0.1, -0.05) is 25.7 Å². The predicted molar refractivity (Wildman–Crippen MR) is 95.2 cm³/mol. The number of carbonyl (C=O) groups excluding carboxylic acids is 2. The van der Waals surface area contributed by atoms with Gasteiger partial charge in [-0.05, 0) is 56.4 Å². The topological polar surface area (TPSA) is 49.4 Å². The molecule has 1 aliphatic heterocycles. The first-order valence-electron chi connectivity index (χ1n) is 9.44. The van der Waals surface area contributed by atoms with Gasteiger partial charge >= 0.3 is 0 Å². The van der Waals surface area contributed by atoms with Crippen molar-refractivity contribution in [3.05, 3.63) is 35.4 Å². The van der Waals surface area contributed by atoms with Crippen molar-refractivity contribution in [3.63, 3.8) is 0 Å². The molecule has 0 unspecified atom stereocenters. The van der Waals surface area contributed by atoms with Gasteiger partial charge in [0.1, 0.15) is 0 Å². The Kier molecular flexibility index (Phi) is 5.89. The van der Waals surface area contributed by atoms with Crippen LogP contribution in [0.25, 0.3) is 0 Å². The second kappa shape index (κ2) is 8.32. The van der Waals surface area contributed by atoms with E-state index in [-0.39, 0.29) is 11.8 Å². The van der Waals surface area contributed by atoms with Gasteiger partial charge in [-0.2, -0.15) is 0 Å². The molecule has 0 atom stereocenters. The summed E-state index contributed by atoms with van der Waals surface area (Å²) in [5, 5.41) is 3.15. The van der Waals surface area contributed by atoms with Crippen LogP contribution in [0.15, 0.2) is 24.3 Å². The van der Waals surface area contributed by atoms with Crippen LogP contribution in [0.4, 0.5) is 0 Å². The smallest absolute Gasteiger partial charge is 0.253 e. The van der Waals surface area contributed by atoms with Gasteiger partial charge in [-0.3, -0.25) is 9.59 Å². The molecule has 0 aromatic heterocycles. The molecule has 1 saturated heterocycles. The maximum absolute atomic E-state index is 12.5. The third-order valence-electron chi connectivity index (χ3n) is 5.23. The first-order valence-corrected chi connectivity index (χ1v) is 9.44. The molecule has 0 spiro atoms. The first kappa shape index (κ1) is 17.0. The van der Waals surface area contributed by atoms with Gasteiger partial charge in [0.25, 0.3) is 11.8 Å². The van der Waals surface area contributed by atoms with Crippen LogP contribution in [0.2, 0.25) is 0 Å². The fourth-order valence-corrected chi connectivity index (χ4v) is 3.74. The van der Waals surface area contributed by atoms with E-state index in [4.69, 9.17) is 0 Å². The SMILES string of the molecule is O=C(NC1CCCCCC1)c1ccc(C(=O)N2CCCCC2)cc1. The number of nitrogens with zero attached hydrogens (tertiary/aromatic N) is 1. The summed E-state index contributed by atoms with van der Waals surface area (Å²) in [5.41, 5.74) is 1.33. The van der Waals surface area contributed by atoms with Crippen molar-refractivity contribution < 1.29 is 9.59 Å². The molecule has 1 aromatic rings. The molecule has 130 valence electrons. The normalized spacial score (nSPS) is 19.6. The van der Waals surface area contributed by atoms with Gasteiger partial charge < -0.3 is 10.2 Å². The van der Waals surface area contributed by atoms with Crippen LogP contribution >= 0.6 is 0 Å². The van der Waals surface area contributed by atoms with Crippen molar-refractivity contribution in [2.45, 2.75) is 63.8 Å². The summed E-state index contributed by atoms with van der Waals surface area (Å²) >= 11 is 0. The number of hydrogen-bond acceptors (Lipinski definition) is 2. The van der Waals surface area contributed by atoms with E-state index < -0.39 is 0 Å². The lowest BCUT2D eigenvalue weighted by Crippen LogP contribution is -2.36. The Bertz CT molecular complexity index is 554. The van der Waals surface area contributed by atoms with Gasteiger partial charge in [0.15, 0.2) is 0 Å². The van der Waals surface area contributed by atoms with E-state index in [9.17, 15) is 9.59 Å². The van der Waals surface area contributed by atoms with Crippen molar-refractivity contribution in [1.82, 2.24) is 10.2 Å². The standard InChI is InChI=1S/C20H28N2O2/c23-19(21-18-8-4-1-2-5-9-18)16-10-12-17(13-11-16)20(24)22-14-6-3-7-15-22/h10-13,18H,1-9,14-15H2,(H,21,23). The lowest BCUT2D eigenvalue weighted by molar-refractivity contribution is 0.0723. The minimum atomic E-state index is -0.0149. The molecule has 2 fully saturated rings. The number of carbonyl (C=O) groups is 2. The summed E-state index contributed by atoms with van der Waals surface area (Å²) in [5.74, 6) is 0.0734. The van der Waals surface area contributed by atoms with E-state index in [1.54, 1.807) is 24.3 Å². The largest absolute Gasteiger partial charge is 0.349 e. The zero-order chi connectivity index (χ0) is 16.8. The molecule has 1 N–H and O–H groups in total. The monoisotopic (exact) mass is 328 g/mol. The average Bonchev–Trinajstić information content (AvgIpc) is 2.90. The highest BCUT2D eigenvalue weighted by Gasteiger charge is 2.19. The molecule has 4 heteroatoms. The van der Waals surface area contributed by atoms with Crippen molar-refractivity contribution in [1.29, 1.82) is 0 Å². The van der Waals surface area contributed by atoms with Gasteiger partial charge in [-0.25, -0.2) is 0 Å². The molecule has 24 heavy (non-hydrogen) atoms. The quantitative estimate of drug-likeness (QED) is 0.859. The van der Waals surface area contributed by atoms with E-state index in [2.05, 4.69) is 5.32 Å². The molecule has 3 rings (SSSR count). The van der Waals surface area contributed by atoms with E-state index in [1.165, 1.54) is 32.1 Å². The molecule has 0 bridgehead atoms. The molecule has 2 aliphatic rings. The van der Waals surface area contributed by atoms with Crippen LogP contribution in [0.3, 0.4) is 0 Å². The van der Waals surface area contributed by atoms with Crippen molar-refractivity contribution in [3.8, 4) is 0 Å². The minimum Gasteiger partial charge on any atom is -0.349 e. The second-order valence-corrected chi connectivity index (χ2v) is 7.09. The molecular formula is C20H28N2O2. The number of benzene rings is 1. The summed E-state index contributed by atoms with van der Waals surface area (Å²) in [6, 6.07) is 7.44.